The third-order valence-corrected chi connectivity index (χ3v) is 5.35. The van der Waals surface area contributed by atoms with Crippen molar-refractivity contribution in [2.75, 3.05) is 18.6 Å². The minimum absolute atomic E-state index is 0.0635. The van der Waals surface area contributed by atoms with E-state index in [0.717, 1.165) is 4.90 Å². The number of carbonyl (C=O) groups is 3. The number of rotatable bonds is 3. The summed E-state index contributed by atoms with van der Waals surface area (Å²) in [5, 5.41) is 9.86. The van der Waals surface area contributed by atoms with E-state index in [-0.39, 0.29) is 22.9 Å². The number of amides is 2. The van der Waals surface area contributed by atoms with Crippen LogP contribution < -0.4 is 4.90 Å². The van der Waals surface area contributed by atoms with Crippen LogP contribution in [-0.2, 0) is 19.1 Å². The molecule has 1 aromatic carbocycles. The van der Waals surface area contributed by atoms with Gasteiger partial charge in [-0.05, 0) is 18.2 Å². The van der Waals surface area contributed by atoms with E-state index >= 15 is 0 Å². The van der Waals surface area contributed by atoms with E-state index in [1.807, 2.05) is 0 Å². The number of esters is 1. The first-order valence-electron chi connectivity index (χ1n) is 7.67. The molecule has 4 atom stereocenters. The van der Waals surface area contributed by atoms with E-state index in [4.69, 9.17) is 16.3 Å². The smallest absolute Gasteiger partial charge is 0.339 e. The number of ether oxygens (including phenoxy) is 2. The van der Waals surface area contributed by atoms with Crippen molar-refractivity contribution in [2.45, 2.75) is 11.7 Å². The van der Waals surface area contributed by atoms with Crippen LogP contribution in [0.1, 0.15) is 10.4 Å². The highest BCUT2D eigenvalue weighted by molar-refractivity contribution is 6.34. The monoisotopic (exact) mass is 363 g/mol. The summed E-state index contributed by atoms with van der Waals surface area (Å²) in [5.74, 6) is -3.01. The van der Waals surface area contributed by atoms with Gasteiger partial charge in [-0.2, -0.15) is 0 Å². The molecule has 2 fully saturated rings. The second kappa shape index (κ2) is 5.39. The third-order valence-electron chi connectivity index (χ3n) is 5.02. The molecule has 7 nitrogen and oxygen atoms in total. The van der Waals surface area contributed by atoms with Crippen molar-refractivity contribution in [1.29, 1.82) is 0 Å². The fraction of sp³-hybridized carbons (Fsp3) is 0.353. The summed E-state index contributed by atoms with van der Waals surface area (Å²) >= 11 is 5.99. The maximum atomic E-state index is 12.9. The molecule has 2 amide bonds. The first-order chi connectivity index (χ1) is 11.9. The number of aliphatic hydroxyl groups is 1. The van der Waals surface area contributed by atoms with Gasteiger partial charge >= 0.3 is 5.97 Å². The second-order valence-electron chi connectivity index (χ2n) is 6.23. The van der Waals surface area contributed by atoms with Crippen molar-refractivity contribution in [3.63, 3.8) is 0 Å². The number of anilines is 1. The largest absolute Gasteiger partial charge is 0.465 e. The lowest BCUT2D eigenvalue weighted by molar-refractivity contribution is -0.128. The standard InChI is InChI=1S/C17H14ClNO6/c1-24-16(23)9-6-8(2-3-10(9)18)19-14(21)12-11-4-5-17(7-20,25-11)13(12)15(19)22/h2-6,11-13,20H,7H2,1H3/t11-,12-,13-,17+/m1/s1. The zero-order valence-electron chi connectivity index (χ0n) is 13.1. The Labute approximate surface area is 147 Å². The van der Waals surface area contributed by atoms with Gasteiger partial charge in [0.15, 0.2) is 0 Å². The zero-order valence-corrected chi connectivity index (χ0v) is 13.9. The number of hydrogen-bond acceptors (Lipinski definition) is 6. The van der Waals surface area contributed by atoms with Crippen LogP contribution in [0.3, 0.4) is 0 Å². The fourth-order valence-electron chi connectivity index (χ4n) is 3.86. The van der Waals surface area contributed by atoms with Crippen LogP contribution in [0.2, 0.25) is 5.02 Å². The highest BCUT2D eigenvalue weighted by atomic mass is 35.5. The van der Waals surface area contributed by atoms with E-state index in [0.29, 0.717) is 0 Å². The molecule has 25 heavy (non-hydrogen) atoms. The van der Waals surface area contributed by atoms with Crippen LogP contribution in [0, 0.1) is 11.8 Å². The molecule has 1 aromatic rings. The number of halogens is 1. The number of aliphatic hydroxyl groups excluding tert-OH is 1. The van der Waals surface area contributed by atoms with Gasteiger partial charge in [0.2, 0.25) is 11.8 Å². The van der Waals surface area contributed by atoms with Crippen LogP contribution in [0.15, 0.2) is 30.4 Å². The van der Waals surface area contributed by atoms with E-state index in [1.165, 1.54) is 25.3 Å². The molecule has 2 bridgehead atoms. The lowest BCUT2D eigenvalue weighted by Crippen LogP contribution is -2.43. The lowest BCUT2D eigenvalue weighted by atomic mass is 9.77. The van der Waals surface area contributed by atoms with Gasteiger partial charge in [0.1, 0.15) is 5.60 Å². The van der Waals surface area contributed by atoms with E-state index < -0.39 is 41.3 Å². The molecule has 130 valence electrons. The third kappa shape index (κ3) is 2.03. The van der Waals surface area contributed by atoms with E-state index in [1.54, 1.807) is 12.2 Å². The molecule has 0 radical (unpaired) electrons. The molecule has 0 spiro atoms. The summed E-state index contributed by atoms with van der Waals surface area (Å²) in [4.78, 5) is 38.6. The molecular weight excluding hydrogens is 350 g/mol. The van der Waals surface area contributed by atoms with Crippen molar-refractivity contribution < 1.29 is 29.0 Å². The predicted molar refractivity (Wildman–Crippen MR) is 86.1 cm³/mol. The summed E-state index contributed by atoms with van der Waals surface area (Å²) in [6, 6.07) is 4.28. The van der Waals surface area contributed by atoms with Crippen LogP contribution >= 0.6 is 11.6 Å². The van der Waals surface area contributed by atoms with Crippen LogP contribution in [0.5, 0.6) is 0 Å². The summed E-state index contributed by atoms with van der Waals surface area (Å²) in [5.41, 5.74) is -0.857. The van der Waals surface area contributed by atoms with Gasteiger partial charge < -0.3 is 14.6 Å². The Hall–Kier alpha value is -2.22. The minimum atomic E-state index is -1.16. The summed E-state index contributed by atoms with van der Waals surface area (Å²) < 4.78 is 10.3. The topological polar surface area (TPSA) is 93.1 Å². The Balaban J connectivity index is 1.75. The van der Waals surface area contributed by atoms with Gasteiger partial charge in [0.25, 0.3) is 0 Å². The molecule has 0 aromatic heterocycles. The maximum Gasteiger partial charge on any atom is 0.339 e. The van der Waals surface area contributed by atoms with Gasteiger partial charge in [-0.1, -0.05) is 23.8 Å². The molecule has 3 aliphatic rings. The van der Waals surface area contributed by atoms with Crippen LogP contribution in [-0.4, -0.2) is 48.3 Å². The van der Waals surface area contributed by atoms with Gasteiger partial charge in [0, 0.05) is 0 Å². The number of nitrogens with zero attached hydrogens (tertiary/aromatic N) is 1. The summed E-state index contributed by atoms with van der Waals surface area (Å²) in [7, 11) is 1.22. The van der Waals surface area contributed by atoms with Crippen molar-refractivity contribution >= 4 is 35.1 Å². The molecule has 0 aliphatic carbocycles. The van der Waals surface area contributed by atoms with Crippen molar-refractivity contribution in [1.82, 2.24) is 0 Å². The molecular formula is C17H14ClNO6. The van der Waals surface area contributed by atoms with Crippen LogP contribution in [0.4, 0.5) is 5.69 Å². The lowest BCUT2D eigenvalue weighted by Gasteiger charge is -2.26. The Morgan fingerprint density at radius 3 is 2.84 bits per heavy atom. The average Bonchev–Trinajstić information content (AvgIpc) is 3.26. The molecule has 0 unspecified atom stereocenters. The minimum Gasteiger partial charge on any atom is -0.465 e. The number of imide groups is 1. The summed E-state index contributed by atoms with van der Waals surface area (Å²) in [6.45, 7) is -0.387. The Morgan fingerprint density at radius 1 is 1.40 bits per heavy atom. The highest BCUT2D eigenvalue weighted by Crippen LogP contribution is 2.52. The number of methoxy groups -OCH3 is 1. The number of hydrogen-bond donors (Lipinski definition) is 1. The van der Waals surface area contributed by atoms with Crippen molar-refractivity contribution in [3.05, 3.63) is 40.9 Å². The molecule has 4 rings (SSSR count). The molecule has 0 saturated carbocycles. The molecule has 2 saturated heterocycles. The second-order valence-corrected chi connectivity index (χ2v) is 6.63. The van der Waals surface area contributed by atoms with E-state index in [9.17, 15) is 19.5 Å². The van der Waals surface area contributed by atoms with Gasteiger partial charge in [0.05, 0.1) is 47.9 Å². The normalized spacial score (nSPS) is 32.4. The fourth-order valence-corrected chi connectivity index (χ4v) is 4.05. The van der Waals surface area contributed by atoms with Gasteiger partial charge in [-0.25, -0.2) is 9.69 Å². The Morgan fingerprint density at radius 2 is 2.16 bits per heavy atom. The predicted octanol–water partition coefficient (Wildman–Crippen LogP) is 0.932. The molecule has 1 N–H and O–H groups in total. The van der Waals surface area contributed by atoms with Gasteiger partial charge in [-0.15, -0.1) is 0 Å². The SMILES string of the molecule is COC(=O)c1cc(N2C(=O)[C@@H]3[C@H]4C=C[C@@](CO)(O4)[C@H]3C2=O)ccc1Cl. The molecule has 8 heteroatoms. The molecule has 3 aliphatic heterocycles. The average molecular weight is 364 g/mol. The Bertz CT molecular complexity index is 836. The zero-order chi connectivity index (χ0) is 17.9. The Kier molecular flexibility index (Phi) is 3.50. The van der Waals surface area contributed by atoms with E-state index in [2.05, 4.69) is 4.74 Å². The number of fused-ring (bicyclic) bond motifs is 5. The molecule has 3 heterocycles. The number of carbonyl (C=O) groups excluding carboxylic acids is 3. The van der Waals surface area contributed by atoms with Crippen molar-refractivity contribution in [2.24, 2.45) is 11.8 Å². The quantitative estimate of drug-likeness (QED) is 0.488. The van der Waals surface area contributed by atoms with Crippen molar-refractivity contribution in [3.8, 4) is 0 Å². The summed E-state index contributed by atoms with van der Waals surface area (Å²) in [6.07, 6.45) is 2.81. The van der Waals surface area contributed by atoms with Gasteiger partial charge in [-0.3, -0.25) is 9.59 Å². The first kappa shape index (κ1) is 16.3. The first-order valence-corrected chi connectivity index (χ1v) is 8.05. The maximum absolute atomic E-state index is 12.9. The number of benzene rings is 1. The highest BCUT2D eigenvalue weighted by Gasteiger charge is 2.67. The van der Waals surface area contributed by atoms with Crippen LogP contribution in [0.25, 0.3) is 0 Å².